The van der Waals surface area contributed by atoms with Gasteiger partial charge in [-0.2, -0.15) is 4.31 Å². The minimum atomic E-state index is -3.71. The van der Waals surface area contributed by atoms with E-state index in [0.717, 1.165) is 41.2 Å². The van der Waals surface area contributed by atoms with Crippen molar-refractivity contribution in [3.63, 3.8) is 0 Å². The van der Waals surface area contributed by atoms with Gasteiger partial charge in [0.05, 0.1) is 16.8 Å². The zero-order chi connectivity index (χ0) is 27.4. The van der Waals surface area contributed by atoms with Gasteiger partial charge in [-0.05, 0) is 116 Å². The Bertz CT molecular complexity index is 1410. The van der Waals surface area contributed by atoms with Gasteiger partial charge in [-0.3, -0.25) is 9.10 Å². The molecule has 10 heteroatoms. The fraction of sp³-hybridized carbons (Fsp3) is 0.552. The number of nitrogens with one attached hydrogen (secondary N) is 1. The third kappa shape index (κ3) is 5.23. The van der Waals surface area contributed by atoms with Crippen LogP contribution in [0.15, 0.2) is 53.4 Å². The van der Waals surface area contributed by atoms with E-state index in [-0.39, 0.29) is 16.9 Å². The third-order valence-electron chi connectivity index (χ3n) is 9.33. The van der Waals surface area contributed by atoms with Crippen molar-refractivity contribution in [3.05, 3.63) is 54.1 Å². The maximum atomic E-state index is 12.9. The van der Waals surface area contributed by atoms with Crippen molar-refractivity contribution in [1.82, 2.24) is 4.31 Å². The molecule has 4 aliphatic carbocycles. The Labute approximate surface area is 231 Å². The fourth-order valence-corrected chi connectivity index (χ4v) is 10.3. The van der Waals surface area contributed by atoms with Gasteiger partial charge in [-0.1, -0.05) is 12.1 Å². The first kappa shape index (κ1) is 26.8. The topological polar surface area (TPSA) is 104 Å². The molecule has 7 rings (SSSR count). The van der Waals surface area contributed by atoms with Crippen LogP contribution < -0.4 is 9.62 Å². The monoisotopic (exact) mass is 571 g/mol. The van der Waals surface area contributed by atoms with Gasteiger partial charge in [-0.25, -0.2) is 16.8 Å². The van der Waals surface area contributed by atoms with Crippen molar-refractivity contribution in [3.8, 4) is 0 Å². The van der Waals surface area contributed by atoms with Crippen LogP contribution in [0.1, 0.15) is 56.9 Å². The lowest BCUT2D eigenvalue weighted by Gasteiger charge is -2.57. The minimum absolute atomic E-state index is 0.180. The van der Waals surface area contributed by atoms with E-state index in [1.807, 2.05) is 12.1 Å². The Hall–Kier alpha value is -2.43. The van der Waals surface area contributed by atoms with Crippen LogP contribution in [0.3, 0.4) is 0 Å². The van der Waals surface area contributed by atoms with Crippen molar-refractivity contribution in [2.45, 2.75) is 61.7 Å². The van der Waals surface area contributed by atoms with Gasteiger partial charge < -0.3 is 5.32 Å². The zero-order valence-electron chi connectivity index (χ0n) is 22.4. The maximum absolute atomic E-state index is 12.9. The van der Waals surface area contributed by atoms with E-state index in [2.05, 4.69) is 17.4 Å². The summed E-state index contributed by atoms with van der Waals surface area (Å²) in [6.45, 7) is 0.667. The molecule has 0 spiro atoms. The molecule has 0 aromatic heterocycles. The summed E-state index contributed by atoms with van der Waals surface area (Å²) in [7, 11) is -7.25. The maximum Gasteiger partial charge on any atom is 0.245 e. The van der Waals surface area contributed by atoms with Crippen LogP contribution in [-0.4, -0.2) is 52.9 Å². The second-order valence-electron chi connectivity index (χ2n) is 12.2. The summed E-state index contributed by atoms with van der Waals surface area (Å²) in [6, 6.07) is 13.8. The Morgan fingerprint density at radius 2 is 1.41 bits per heavy atom. The number of amides is 1. The largest absolute Gasteiger partial charge is 0.325 e. The van der Waals surface area contributed by atoms with Gasteiger partial charge in [0.1, 0.15) is 6.54 Å². The number of sulfonamides is 2. The normalized spacial score (nSPS) is 28.5. The summed E-state index contributed by atoms with van der Waals surface area (Å²) < 4.78 is 53.5. The minimum Gasteiger partial charge on any atom is -0.325 e. The smallest absolute Gasteiger partial charge is 0.245 e. The van der Waals surface area contributed by atoms with E-state index < -0.39 is 26.0 Å². The summed E-state index contributed by atoms with van der Waals surface area (Å²) in [4.78, 5) is 13.1. The molecule has 1 heterocycles. The number of hydrogen-bond donors (Lipinski definition) is 1. The molecule has 4 saturated carbocycles. The van der Waals surface area contributed by atoms with Crippen LogP contribution in [-0.2, 0) is 30.3 Å². The molecule has 1 saturated heterocycles. The highest BCUT2D eigenvalue weighted by Crippen LogP contribution is 2.60. The number of hydrogen-bond acceptors (Lipinski definition) is 5. The molecule has 2 aromatic rings. The quantitative estimate of drug-likeness (QED) is 0.508. The number of rotatable bonds is 8. The number of benzene rings is 2. The lowest BCUT2D eigenvalue weighted by molar-refractivity contribution is -0.114. The van der Waals surface area contributed by atoms with Gasteiger partial charge in [0.2, 0.25) is 26.0 Å². The molecule has 1 amide bonds. The van der Waals surface area contributed by atoms with E-state index in [0.29, 0.717) is 24.5 Å². The molecular weight excluding hydrogens is 534 g/mol. The summed E-state index contributed by atoms with van der Waals surface area (Å²) in [5.74, 6) is 1.96. The number of anilines is 2. The predicted octanol–water partition coefficient (Wildman–Crippen LogP) is 4.34. The molecule has 5 fully saturated rings. The first-order valence-corrected chi connectivity index (χ1v) is 17.3. The lowest BCUT2D eigenvalue weighted by atomic mass is 9.48. The predicted molar refractivity (Wildman–Crippen MR) is 152 cm³/mol. The SMILES string of the molecule is CS(=O)(=O)N(CC(=O)Nc1ccc(S(=O)(=O)N2CCCC2)cc1)c1ccc(C23CC4CC(CC(C4)C2)C3)cc1. The second-order valence-corrected chi connectivity index (χ2v) is 16.0. The van der Waals surface area contributed by atoms with Crippen LogP contribution in [0, 0.1) is 17.8 Å². The number of carbonyl (C=O) groups is 1. The Morgan fingerprint density at radius 1 is 0.872 bits per heavy atom. The summed E-state index contributed by atoms with van der Waals surface area (Å²) in [5.41, 5.74) is 2.39. The van der Waals surface area contributed by atoms with Crippen molar-refractivity contribution < 1.29 is 21.6 Å². The molecule has 8 nitrogen and oxygen atoms in total. The van der Waals surface area contributed by atoms with Crippen molar-refractivity contribution in [2.75, 3.05) is 35.5 Å². The first-order chi connectivity index (χ1) is 18.5. The van der Waals surface area contributed by atoms with Gasteiger partial charge in [0.15, 0.2) is 0 Å². The van der Waals surface area contributed by atoms with Crippen LogP contribution in [0.4, 0.5) is 11.4 Å². The number of nitrogens with zero attached hydrogens (tertiary/aromatic N) is 2. The van der Waals surface area contributed by atoms with E-state index in [1.54, 1.807) is 0 Å². The molecule has 5 aliphatic rings. The Kier molecular flexibility index (Phi) is 6.79. The average Bonchev–Trinajstić information content (AvgIpc) is 3.43. The molecule has 0 unspecified atom stereocenters. The van der Waals surface area contributed by atoms with E-state index in [4.69, 9.17) is 0 Å². The molecule has 0 radical (unpaired) electrons. The van der Waals surface area contributed by atoms with E-state index in [9.17, 15) is 21.6 Å². The highest BCUT2D eigenvalue weighted by Gasteiger charge is 2.51. The second kappa shape index (κ2) is 9.89. The molecule has 4 bridgehead atoms. The van der Waals surface area contributed by atoms with E-state index in [1.165, 1.54) is 72.7 Å². The fourth-order valence-electron chi connectivity index (χ4n) is 7.96. The molecular formula is C29H37N3O5S2. The summed E-state index contributed by atoms with van der Waals surface area (Å²) in [6.07, 6.45) is 10.6. The lowest BCUT2D eigenvalue weighted by Crippen LogP contribution is -2.48. The van der Waals surface area contributed by atoms with Crippen LogP contribution in [0.5, 0.6) is 0 Å². The van der Waals surface area contributed by atoms with Gasteiger partial charge >= 0.3 is 0 Å². The van der Waals surface area contributed by atoms with Crippen molar-refractivity contribution in [2.24, 2.45) is 17.8 Å². The van der Waals surface area contributed by atoms with Gasteiger partial charge in [0.25, 0.3) is 0 Å². The molecule has 1 aliphatic heterocycles. The first-order valence-electron chi connectivity index (χ1n) is 14.0. The summed E-state index contributed by atoms with van der Waals surface area (Å²) in [5, 5.41) is 2.71. The van der Waals surface area contributed by atoms with Crippen molar-refractivity contribution in [1.29, 1.82) is 0 Å². The molecule has 1 N–H and O–H groups in total. The Balaban J connectivity index is 1.14. The standard InChI is InChI=1S/C29H37N3O5S2/c1-38(34,35)32(20-28(33)30-25-6-10-27(11-7-25)39(36,37)31-12-2-3-13-31)26-8-4-24(5-9-26)29-17-21-14-22(18-29)16-23(15-21)19-29/h4-11,21-23H,2-3,12-20H2,1H3,(H,30,33). The molecule has 0 atom stereocenters. The Morgan fingerprint density at radius 3 is 1.92 bits per heavy atom. The third-order valence-corrected chi connectivity index (χ3v) is 12.4. The molecule has 39 heavy (non-hydrogen) atoms. The highest BCUT2D eigenvalue weighted by atomic mass is 32.2. The van der Waals surface area contributed by atoms with Crippen LogP contribution in [0.2, 0.25) is 0 Å². The van der Waals surface area contributed by atoms with Crippen LogP contribution in [0.25, 0.3) is 0 Å². The average molecular weight is 572 g/mol. The number of carbonyl (C=O) groups excluding carboxylic acids is 1. The van der Waals surface area contributed by atoms with Gasteiger partial charge in [0, 0.05) is 18.8 Å². The highest BCUT2D eigenvalue weighted by molar-refractivity contribution is 7.92. The summed E-state index contributed by atoms with van der Waals surface area (Å²) >= 11 is 0. The van der Waals surface area contributed by atoms with Crippen molar-refractivity contribution >= 4 is 37.3 Å². The van der Waals surface area contributed by atoms with E-state index >= 15 is 0 Å². The van der Waals surface area contributed by atoms with Gasteiger partial charge in [-0.15, -0.1) is 0 Å². The molecule has 210 valence electrons. The van der Waals surface area contributed by atoms with Crippen LogP contribution >= 0.6 is 0 Å². The zero-order valence-corrected chi connectivity index (χ0v) is 24.0. The molecule has 2 aromatic carbocycles.